The highest BCUT2D eigenvalue weighted by atomic mass is 16.2. The van der Waals surface area contributed by atoms with Crippen LogP contribution in [-0.4, -0.2) is 79.4 Å². The fraction of sp³-hybridized carbons (Fsp3) is 0.900. The van der Waals surface area contributed by atoms with Gasteiger partial charge in [0.1, 0.15) is 0 Å². The lowest BCUT2D eigenvalue weighted by molar-refractivity contribution is -0.131. The van der Waals surface area contributed by atoms with E-state index in [4.69, 9.17) is 0 Å². The lowest BCUT2D eigenvalue weighted by atomic mass is 10.2. The van der Waals surface area contributed by atoms with Crippen LogP contribution in [0.25, 0.3) is 0 Å². The Morgan fingerprint density at radius 3 is 1.69 bits per heavy atom. The van der Waals surface area contributed by atoms with Crippen molar-refractivity contribution in [3.8, 4) is 0 Å². The Morgan fingerprint density at radius 1 is 0.885 bits per heavy atom. The maximum Gasteiger partial charge on any atom is 0.284 e. The molecule has 1 amide bonds. The Labute approximate surface area is 162 Å². The van der Waals surface area contributed by atoms with Gasteiger partial charge in [0.05, 0.1) is 0 Å². The van der Waals surface area contributed by atoms with Gasteiger partial charge in [0.2, 0.25) is 6.29 Å². The van der Waals surface area contributed by atoms with Crippen molar-refractivity contribution < 1.29 is 9.59 Å². The molecule has 0 aromatic heterocycles. The standard InChI is InChI=1S/C11H22N2O2.C9H22N2/c1-5-10(4)13(9(2)3)7-6-12-11(15)8-14;1-8(2)11(9(3)4)7-6-10-5/h8-10H,5-7H2,1-4H3,(H,12,15);8-10H,6-7H2,1-5H3. The van der Waals surface area contributed by atoms with Crippen LogP contribution < -0.4 is 10.6 Å². The second-order valence-electron chi connectivity index (χ2n) is 7.53. The van der Waals surface area contributed by atoms with E-state index < -0.39 is 5.91 Å². The van der Waals surface area contributed by atoms with Gasteiger partial charge in [0.15, 0.2) is 0 Å². The highest BCUT2D eigenvalue weighted by molar-refractivity contribution is 6.23. The van der Waals surface area contributed by atoms with Gasteiger partial charge in [-0.2, -0.15) is 0 Å². The first-order valence-corrected chi connectivity index (χ1v) is 10.0. The molecule has 0 rings (SSSR count). The first kappa shape index (κ1) is 27.2. The molecule has 6 nitrogen and oxygen atoms in total. The summed E-state index contributed by atoms with van der Waals surface area (Å²) in [5.74, 6) is -0.539. The SMILES string of the molecule is CCC(C)N(CCNC(=O)C=O)C(C)C.CNCCN(C(C)C)C(C)C. The number of nitrogens with zero attached hydrogens (tertiary/aromatic N) is 2. The zero-order valence-electron chi connectivity index (χ0n) is 18.6. The molecule has 0 aromatic rings. The van der Waals surface area contributed by atoms with E-state index in [1.165, 1.54) is 0 Å². The third-order valence-electron chi connectivity index (χ3n) is 4.54. The van der Waals surface area contributed by atoms with Gasteiger partial charge in [-0.1, -0.05) is 6.92 Å². The third kappa shape index (κ3) is 13.3. The number of rotatable bonds is 12. The number of aldehydes is 1. The number of nitrogens with one attached hydrogen (secondary N) is 2. The minimum absolute atomic E-state index is 0.308. The van der Waals surface area contributed by atoms with E-state index in [1.807, 2.05) is 7.05 Å². The Hall–Kier alpha value is -0.980. The van der Waals surface area contributed by atoms with E-state index in [9.17, 15) is 9.59 Å². The van der Waals surface area contributed by atoms with E-state index in [1.54, 1.807) is 0 Å². The van der Waals surface area contributed by atoms with Gasteiger partial charge in [-0.05, 0) is 61.9 Å². The van der Waals surface area contributed by atoms with Crippen LogP contribution in [0.1, 0.15) is 61.8 Å². The molecule has 1 unspecified atom stereocenters. The molecule has 0 aliphatic heterocycles. The molecule has 0 aliphatic carbocycles. The van der Waals surface area contributed by atoms with Crippen molar-refractivity contribution in [3.05, 3.63) is 0 Å². The summed E-state index contributed by atoms with van der Waals surface area (Å²) >= 11 is 0. The second kappa shape index (κ2) is 16.2. The summed E-state index contributed by atoms with van der Waals surface area (Å²) in [6.07, 6.45) is 1.39. The van der Waals surface area contributed by atoms with E-state index in [0.29, 0.717) is 37.0 Å². The monoisotopic (exact) mass is 372 g/mol. The van der Waals surface area contributed by atoms with Crippen LogP contribution in [0, 0.1) is 0 Å². The van der Waals surface area contributed by atoms with E-state index in [2.05, 4.69) is 75.8 Å². The summed E-state index contributed by atoms with van der Waals surface area (Å²) in [6.45, 7) is 21.1. The molecule has 0 heterocycles. The number of carbonyl (C=O) groups is 2. The van der Waals surface area contributed by atoms with Gasteiger partial charge < -0.3 is 10.6 Å². The molecule has 0 saturated carbocycles. The molecule has 0 bridgehead atoms. The lowest BCUT2D eigenvalue weighted by Gasteiger charge is -2.32. The minimum atomic E-state index is -0.539. The molecule has 156 valence electrons. The number of carbonyl (C=O) groups excluding carboxylic acids is 2. The number of amides is 1. The summed E-state index contributed by atoms with van der Waals surface area (Å²) in [5, 5.41) is 5.71. The van der Waals surface area contributed by atoms with Crippen molar-refractivity contribution in [1.82, 2.24) is 20.4 Å². The molecule has 1 atom stereocenters. The van der Waals surface area contributed by atoms with Gasteiger partial charge in [-0.15, -0.1) is 0 Å². The fourth-order valence-electron chi connectivity index (χ4n) is 2.93. The lowest BCUT2D eigenvalue weighted by Crippen LogP contribution is -2.43. The van der Waals surface area contributed by atoms with E-state index in [-0.39, 0.29) is 0 Å². The molecule has 0 saturated heterocycles. The smallest absolute Gasteiger partial charge is 0.284 e. The van der Waals surface area contributed by atoms with Gasteiger partial charge >= 0.3 is 0 Å². The first-order valence-electron chi connectivity index (χ1n) is 10.0. The predicted molar refractivity (Wildman–Crippen MR) is 112 cm³/mol. The average Bonchev–Trinajstić information content (AvgIpc) is 2.57. The van der Waals surface area contributed by atoms with Crippen LogP contribution in [0.4, 0.5) is 0 Å². The van der Waals surface area contributed by atoms with Crippen molar-refractivity contribution in [3.63, 3.8) is 0 Å². The highest BCUT2D eigenvalue weighted by Gasteiger charge is 2.15. The Kier molecular flexibility index (Phi) is 17.0. The summed E-state index contributed by atoms with van der Waals surface area (Å²) in [6, 6.07) is 2.26. The Balaban J connectivity index is 0. The van der Waals surface area contributed by atoms with Gasteiger partial charge in [-0.25, -0.2) is 0 Å². The van der Waals surface area contributed by atoms with E-state index >= 15 is 0 Å². The summed E-state index contributed by atoms with van der Waals surface area (Å²) < 4.78 is 0. The van der Waals surface area contributed by atoms with Crippen molar-refractivity contribution in [2.75, 3.05) is 33.2 Å². The molecule has 6 heteroatoms. The topological polar surface area (TPSA) is 64.7 Å². The fourth-order valence-corrected chi connectivity index (χ4v) is 2.93. The van der Waals surface area contributed by atoms with Crippen LogP contribution in [-0.2, 0) is 9.59 Å². The zero-order valence-corrected chi connectivity index (χ0v) is 18.6. The van der Waals surface area contributed by atoms with Crippen molar-refractivity contribution in [1.29, 1.82) is 0 Å². The Bertz CT molecular complexity index is 352. The molecule has 0 aliphatic rings. The number of likely N-dealkylation sites (N-methyl/N-ethyl adjacent to an activating group) is 1. The third-order valence-corrected chi connectivity index (χ3v) is 4.54. The minimum Gasteiger partial charge on any atom is -0.348 e. The van der Waals surface area contributed by atoms with Crippen molar-refractivity contribution >= 4 is 12.2 Å². The molecule has 0 spiro atoms. The maximum absolute atomic E-state index is 10.7. The average molecular weight is 373 g/mol. The molecule has 0 radical (unpaired) electrons. The van der Waals surface area contributed by atoms with E-state index in [0.717, 1.165) is 26.1 Å². The van der Waals surface area contributed by atoms with Crippen LogP contribution >= 0.6 is 0 Å². The maximum atomic E-state index is 10.7. The quantitative estimate of drug-likeness (QED) is 0.406. The molecular formula is C20H44N4O2. The van der Waals surface area contributed by atoms with Crippen molar-refractivity contribution in [2.45, 2.75) is 86.0 Å². The number of hydrogen-bond acceptors (Lipinski definition) is 5. The predicted octanol–water partition coefficient (Wildman–Crippen LogP) is 2.14. The van der Waals surface area contributed by atoms with Crippen LogP contribution in [0.5, 0.6) is 0 Å². The van der Waals surface area contributed by atoms with Crippen LogP contribution in [0.3, 0.4) is 0 Å². The van der Waals surface area contributed by atoms with Crippen LogP contribution in [0.15, 0.2) is 0 Å². The summed E-state index contributed by atoms with van der Waals surface area (Å²) in [7, 11) is 2.00. The van der Waals surface area contributed by atoms with Crippen LogP contribution in [0.2, 0.25) is 0 Å². The summed E-state index contributed by atoms with van der Waals surface area (Å²) in [4.78, 5) is 25.6. The van der Waals surface area contributed by atoms with Crippen molar-refractivity contribution in [2.24, 2.45) is 0 Å². The van der Waals surface area contributed by atoms with Gasteiger partial charge in [0.25, 0.3) is 5.91 Å². The van der Waals surface area contributed by atoms with Gasteiger partial charge in [-0.3, -0.25) is 19.4 Å². The molecular weight excluding hydrogens is 328 g/mol. The molecule has 2 N–H and O–H groups in total. The first-order chi connectivity index (χ1) is 12.1. The summed E-state index contributed by atoms with van der Waals surface area (Å²) in [5.41, 5.74) is 0. The second-order valence-corrected chi connectivity index (χ2v) is 7.53. The largest absolute Gasteiger partial charge is 0.348 e. The zero-order chi connectivity index (χ0) is 20.7. The Morgan fingerprint density at radius 2 is 1.35 bits per heavy atom. The molecule has 0 aromatic carbocycles. The normalized spacial score (nSPS) is 12.5. The molecule has 26 heavy (non-hydrogen) atoms. The number of hydrogen-bond donors (Lipinski definition) is 2. The van der Waals surface area contributed by atoms with Gasteiger partial charge in [0, 0.05) is 50.3 Å². The highest BCUT2D eigenvalue weighted by Crippen LogP contribution is 2.07. The molecule has 0 fully saturated rings.